The highest BCUT2D eigenvalue weighted by atomic mass is 35.5. The lowest BCUT2D eigenvalue weighted by atomic mass is 10.1. The van der Waals surface area contributed by atoms with Crippen LogP contribution in [0, 0.1) is 11.3 Å². The van der Waals surface area contributed by atoms with E-state index < -0.39 is 5.97 Å². The molecule has 0 amide bonds. The summed E-state index contributed by atoms with van der Waals surface area (Å²) in [6, 6.07) is 17.2. The van der Waals surface area contributed by atoms with Gasteiger partial charge in [0.05, 0.1) is 34.1 Å². The summed E-state index contributed by atoms with van der Waals surface area (Å²) >= 11 is 5.83. The number of hydrogen-bond donors (Lipinski definition) is 1. The Labute approximate surface area is 148 Å². The fraction of sp³-hybridized carbons (Fsp3) is 0. The molecule has 0 aliphatic rings. The summed E-state index contributed by atoms with van der Waals surface area (Å²) in [7, 11) is 0. The summed E-state index contributed by atoms with van der Waals surface area (Å²) in [4.78, 5) is 15.3. The summed E-state index contributed by atoms with van der Waals surface area (Å²) in [5.41, 5.74) is 1.87. The number of nitrogens with zero attached hydrogens (tertiary/aromatic N) is 2. The third kappa shape index (κ3) is 3.77. The lowest BCUT2D eigenvalue weighted by molar-refractivity contribution is 0.0697. The van der Waals surface area contributed by atoms with E-state index in [1.54, 1.807) is 42.5 Å². The highest BCUT2D eigenvalue weighted by Crippen LogP contribution is 2.24. The van der Waals surface area contributed by atoms with Crippen molar-refractivity contribution in [2.24, 2.45) is 4.99 Å². The molecular weight excluding hydrogens is 340 g/mol. The van der Waals surface area contributed by atoms with Gasteiger partial charge in [0.15, 0.2) is 0 Å². The first-order valence-electron chi connectivity index (χ1n) is 7.24. The minimum absolute atomic E-state index is 0.00552. The van der Waals surface area contributed by atoms with E-state index >= 15 is 0 Å². The van der Waals surface area contributed by atoms with Gasteiger partial charge in [-0.15, -0.1) is 0 Å². The zero-order valence-corrected chi connectivity index (χ0v) is 13.6. The zero-order valence-electron chi connectivity index (χ0n) is 12.8. The van der Waals surface area contributed by atoms with E-state index in [2.05, 4.69) is 11.1 Å². The molecule has 25 heavy (non-hydrogen) atoms. The molecule has 0 radical (unpaired) electrons. The van der Waals surface area contributed by atoms with Crippen molar-refractivity contribution in [1.29, 1.82) is 5.26 Å². The van der Waals surface area contributed by atoms with Crippen molar-refractivity contribution in [2.75, 3.05) is 0 Å². The van der Waals surface area contributed by atoms with Gasteiger partial charge in [-0.3, -0.25) is 4.99 Å². The molecule has 0 aliphatic heterocycles. The quantitative estimate of drug-likeness (QED) is 0.676. The van der Waals surface area contributed by atoms with Crippen molar-refractivity contribution < 1.29 is 14.3 Å². The van der Waals surface area contributed by atoms with Gasteiger partial charge in [-0.25, -0.2) is 4.79 Å². The van der Waals surface area contributed by atoms with Crippen molar-refractivity contribution in [3.63, 3.8) is 0 Å². The number of carboxylic acid groups (broad SMARTS) is 1. The molecule has 0 spiro atoms. The molecule has 3 aromatic rings. The van der Waals surface area contributed by atoms with Gasteiger partial charge in [0, 0.05) is 5.56 Å². The van der Waals surface area contributed by atoms with Crippen LogP contribution in [0.4, 0.5) is 5.69 Å². The fourth-order valence-electron chi connectivity index (χ4n) is 2.18. The summed E-state index contributed by atoms with van der Waals surface area (Å²) in [6.07, 6.45) is 1.50. The van der Waals surface area contributed by atoms with Gasteiger partial charge in [0.1, 0.15) is 11.5 Å². The van der Waals surface area contributed by atoms with Gasteiger partial charge in [0.25, 0.3) is 0 Å². The maximum atomic E-state index is 11.1. The maximum Gasteiger partial charge on any atom is 0.337 e. The molecule has 0 saturated carbocycles. The molecule has 1 N–H and O–H groups in total. The summed E-state index contributed by atoms with van der Waals surface area (Å²) in [5.74, 6) is 0.0580. The van der Waals surface area contributed by atoms with Gasteiger partial charge in [-0.05, 0) is 54.6 Å². The van der Waals surface area contributed by atoms with Crippen molar-refractivity contribution in [3.05, 3.63) is 76.5 Å². The van der Waals surface area contributed by atoms with E-state index in [0.29, 0.717) is 22.8 Å². The van der Waals surface area contributed by atoms with Gasteiger partial charge >= 0.3 is 5.97 Å². The molecule has 122 valence electrons. The normalized spacial score (nSPS) is 10.7. The first-order valence-corrected chi connectivity index (χ1v) is 7.62. The number of aromatic carboxylic acids is 1. The molecule has 0 bridgehead atoms. The number of hydrogen-bond acceptors (Lipinski definition) is 4. The van der Waals surface area contributed by atoms with Gasteiger partial charge in [-0.2, -0.15) is 5.26 Å². The predicted molar refractivity (Wildman–Crippen MR) is 94.5 cm³/mol. The lowest BCUT2D eigenvalue weighted by Gasteiger charge is -1.99. The highest BCUT2D eigenvalue weighted by molar-refractivity contribution is 6.33. The highest BCUT2D eigenvalue weighted by Gasteiger charge is 2.09. The number of halogens is 1. The third-order valence-corrected chi connectivity index (χ3v) is 3.78. The summed E-state index contributed by atoms with van der Waals surface area (Å²) in [5, 5.41) is 18.0. The first-order chi connectivity index (χ1) is 12.1. The Kier molecular flexibility index (Phi) is 4.64. The van der Waals surface area contributed by atoms with Crippen LogP contribution in [0.5, 0.6) is 0 Å². The smallest absolute Gasteiger partial charge is 0.337 e. The standard InChI is InChI=1S/C19H11ClN2O3/c20-17-7-5-14(9-16(17)19(23)24)22-11-15-6-8-18(25-15)13-3-1-12(10-21)2-4-13/h1-9,11H,(H,23,24). The molecule has 0 saturated heterocycles. The molecule has 0 atom stereocenters. The Morgan fingerprint density at radius 2 is 1.92 bits per heavy atom. The second kappa shape index (κ2) is 7.04. The van der Waals surface area contributed by atoms with Crippen LogP contribution in [-0.4, -0.2) is 17.3 Å². The molecule has 1 heterocycles. The van der Waals surface area contributed by atoms with Crippen LogP contribution >= 0.6 is 11.6 Å². The molecule has 1 aromatic heterocycles. The van der Waals surface area contributed by atoms with Gasteiger partial charge in [-0.1, -0.05) is 11.6 Å². The first kappa shape index (κ1) is 16.5. The van der Waals surface area contributed by atoms with Gasteiger partial charge in [0.2, 0.25) is 0 Å². The van der Waals surface area contributed by atoms with Crippen LogP contribution in [0.1, 0.15) is 21.7 Å². The fourth-order valence-corrected chi connectivity index (χ4v) is 2.38. The average molecular weight is 351 g/mol. The molecule has 6 heteroatoms. The SMILES string of the molecule is N#Cc1ccc(-c2ccc(C=Nc3ccc(Cl)c(C(=O)O)c3)o2)cc1. The van der Waals surface area contributed by atoms with E-state index in [-0.39, 0.29) is 10.6 Å². The average Bonchev–Trinajstić information content (AvgIpc) is 3.10. The Hall–Kier alpha value is -3.36. The Bertz CT molecular complexity index is 998. The van der Waals surface area contributed by atoms with Crippen LogP contribution in [0.3, 0.4) is 0 Å². The van der Waals surface area contributed by atoms with Crippen LogP contribution < -0.4 is 0 Å². The second-order valence-electron chi connectivity index (χ2n) is 5.12. The van der Waals surface area contributed by atoms with Gasteiger partial charge < -0.3 is 9.52 Å². The summed E-state index contributed by atoms with van der Waals surface area (Å²) < 4.78 is 5.69. The van der Waals surface area contributed by atoms with E-state index in [9.17, 15) is 4.79 Å². The Balaban J connectivity index is 1.81. The van der Waals surface area contributed by atoms with E-state index in [0.717, 1.165) is 5.56 Å². The van der Waals surface area contributed by atoms with Crippen molar-refractivity contribution in [2.45, 2.75) is 0 Å². The predicted octanol–water partition coefficient (Wildman–Crippen LogP) is 4.92. The topological polar surface area (TPSA) is 86.6 Å². The Morgan fingerprint density at radius 3 is 2.60 bits per heavy atom. The Morgan fingerprint density at radius 1 is 1.16 bits per heavy atom. The van der Waals surface area contributed by atoms with E-state index in [1.165, 1.54) is 18.3 Å². The number of furan rings is 1. The lowest BCUT2D eigenvalue weighted by Crippen LogP contribution is -1.96. The van der Waals surface area contributed by atoms with Crippen molar-refractivity contribution in [1.82, 2.24) is 0 Å². The van der Waals surface area contributed by atoms with E-state index in [1.807, 2.05) is 0 Å². The molecule has 0 fully saturated rings. The summed E-state index contributed by atoms with van der Waals surface area (Å²) in [6.45, 7) is 0. The molecule has 0 unspecified atom stereocenters. The van der Waals surface area contributed by atoms with Crippen LogP contribution in [-0.2, 0) is 0 Å². The minimum atomic E-state index is -1.11. The molecular formula is C19H11ClN2O3. The van der Waals surface area contributed by atoms with Crippen molar-refractivity contribution >= 4 is 29.5 Å². The molecule has 5 nitrogen and oxygen atoms in total. The largest absolute Gasteiger partial charge is 0.478 e. The molecule has 0 aliphatic carbocycles. The van der Waals surface area contributed by atoms with Crippen molar-refractivity contribution in [3.8, 4) is 17.4 Å². The number of carboxylic acids is 1. The van der Waals surface area contributed by atoms with E-state index in [4.69, 9.17) is 26.4 Å². The molecule has 3 rings (SSSR count). The number of carbonyl (C=O) groups is 1. The number of benzene rings is 2. The minimum Gasteiger partial charge on any atom is -0.478 e. The third-order valence-electron chi connectivity index (χ3n) is 3.45. The second-order valence-corrected chi connectivity index (χ2v) is 5.53. The number of rotatable bonds is 4. The monoisotopic (exact) mass is 350 g/mol. The molecule has 2 aromatic carbocycles. The maximum absolute atomic E-state index is 11.1. The number of aliphatic imine (C=N–C) groups is 1. The zero-order chi connectivity index (χ0) is 17.8. The van der Waals surface area contributed by atoms with Crippen LogP contribution in [0.25, 0.3) is 11.3 Å². The van der Waals surface area contributed by atoms with Crippen LogP contribution in [0.2, 0.25) is 5.02 Å². The van der Waals surface area contributed by atoms with Crippen LogP contribution in [0.15, 0.2) is 64.0 Å². The number of nitriles is 1.